The van der Waals surface area contributed by atoms with E-state index in [1.54, 1.807) is 18.2 Å². The van der Waals surface area contributed by atoms with Crippen LogP contribution in [0.5, 0.6) is 0 Å². The highest BCUT2D eigenvalue weighted by molar-refractivity contribution is 14.1. The van der Waals surface area contributed by atoms with Crippen molar-refractivity contribution in [3.63, 3.8) is 0 Å². The van der Waals surface area contributed by atoms with E-state index < -0.39 is 10.0 Å². The summed E-state index contributed by atoms with van der Waals surface area (Å²) in [6, 6.07) is 13.0. The summed E-state index contributed by atoms with van der Waals surface area (Å²) < 4.78 is 27.9. The van der Waals surface area contributed by atoms with E-state index in [2.05, 4.69) is 4.72 Å². The van der Waals surface area contributed by atoms with E-state index in [9.17, 15) is 8.42 Å². The van der Waals surface area contributed by atoms with Crippen molar-refractivity contribution >= 4 is 44.0 Å². The first-order chi connectivity index (χ1) is 9.44. The Balaban J connectivity index is 2.42. The fourth-order valence-electron chi connectivity index (χ4n) is 1.61. The fourth-order valence-corrected chi connectivity index (χ4v) is 3.51. The van der Waals surface area contributed by atoms with Crippen molar-refractivity contribution in [2.45, 2.75) is 4.90 Å². The van der Waals surface area contributed by atoms with Gasteiger partial charge >= 0.3 is 0 Å². The van der Waals surface area contributed by atoms with Gasteiger partial charge in [-0.05, 0) is 52.9 Å². The molecule has 0 saturated heterocycles. The molecule has 0 atom stereocenters. The van der Waals surface area contributed by atoms with Crippen LogP contribution in [-0.4, -0.2) is 8.42 Å². The van der Waals surface area contributed by atoms with Crippen molar-refractivity contribution in [1.29, 1.82) is 5.26 Å². The van der Waals surface area contributed by atoms with Crippen molar-refractivity contribution in [1.82, 2.24) is 0 Å². The Morgan fingerprint density at radius 3 is 2.50 bits per heavy atom. The molecule has 0 aliphatic rings. The van der Waals surface area contributed by atoms with Gasteiger partial charge in [-0.2, -0.15) is 5.26 Å². The molecule has 102 valence electrons. The summed E-state index contributed by atoms with van der Waals surface area (Å²) >= 11 is 2.04. The second kappa shape index (κ2) is 5.68. The predicted octanol–water partition coefficient (Wildman–Crippen LogP) is 2.55. The van der Waals surface area contributed by atoms with Gasteiger partial charge in [0.05, 0.1) is 23.0 Å². The maximum atomic E-state index is 12.3. The number of nitrogen functional groups attached to an aromatic ring is 1. The molecular formula is C13H10IN3O2S. The Morgan fingerprint density at radius 1 is 1.20 bits per heavy atom. The number of sulfonamides is 1. The largest absolute Gasteiger partial charge is 0.398 e. The van der Waals surface area contributed by atoms with Gasteiger partial charge in [0.1, 0.15) is 4.90 Å². The van der Waals surface area contributed by atoms with Crippen LogP contribution in [0.15, 0.2) is 47.4 Å². The molecule has 0 aromatic heterocycles. The zero-order chi connectivity index (χ0) is 14.8. The molecule has 2 aromatic carbocycles. The van der Waals surface area contributed by atoms with E-state index in [0.29, 0.717) is 11.3 Å². The normalized spacial score (nSPS) is 10.8. The molecule has 0 bridgehead atoms. The van der Waals surface area contributed by atoms with Crippen LogP contribution < -0.4 is 10.5 Å². The molecule has 0 radical (unpaired) electrons. The minimum absolute atomic E-state index is 0.0440. The lowest BCUT2D eigenvalue weighted by atomic mass is 10.2. The Bertz CT molecular complexity index is 798. The van der Waals surface area contributed by atoms with Crippen LogP contribution in [0.4, 0.5) is 11.4 Å². The number of halogens is 1. The van der Waals surface area contributed by atoms with Crippen molar-refractivity contribution in [2.75, 3.05) is 10.5 Å². The number of hydrogen-bond donors (Lipinski definition) is 2. The number of hydrogen-bond acceptors (Lipinski definition) is 4. The van der Waals surface area contributed by atoms with Gasteiger partial charge in [-0.15, -0.1) is 0 Å². The summed E-state index contributed by atoms with van der Waals surface area (Å²) in [5, 5.41) is 8.76. The zero-order valence-electron chi connectivity index (χ0n) is 10.2. The SMILES string of the molecule is N#Cc1ccc(S(=O)(=O)Nc2ccccc2I)c(N)c1. The third-order valence-electron chi connectivity index (χ3n) is 2.55. The van der Waals surface area contributed by atoms with Crippen LogP contribution in [0.2, 0.25) is 0 Å². The molecule has 5 nitrogen and oxygen atoms in total. The number of nitriles is 1. The van der Waals surface area contributed by atoms with E-state index in [0.717, 1.165) is 3.57 Å². The first-order valence-corrected chi connectivity index (χ1v) is 8.07. The highest BCUT2D eigenvalue weighted by Crippen LogP contribution is 2.25. The standard InChI is InChI=1S/C13H10IN3O2S/c14-10-3-1-2-4-12(10)17-20(18,19)13-6-5-9(8-15)7-11(13)16/h1-7,17H,16H2. The summed E-state index contributed by atoms with van der Waals surface area (Å²) in [5.41, 5.74) is 6.55. The van der Waals surface area contributed by atoms with Crippen LogP contribution >= 0.6 is 22.6 Å². The van der Waals surface area contributed by atoms with E-state index >= 15 is 0 Å². The van der Waals surface area contributed by atoms with Gasteiger partial charge in [0.15, 0.2) is 0 Å². The fraction of sp³-hybridized carbons (Fsp3) is 0. The van der Waals surface area contributed by atoms with E-state index in [1.807, 2.05) is 34.7 Å². The second-order valence-electron chi connectivity index (χ2n) is 3.95. The molecule has 2 rings (SSSR count). The monoisotopic (exact) mass is 399 g/mol. The van der Waals surface area contributed by atoms with Gasteiger partial charge in [0.2, 0.25) is 0 Å². The van der Waals surface area contributed by atoms with Crippen LogP contribution in [0.3, 0.4) is 0 Å². The van der Waals surface area contributed by atoms with E-state index in [-0.39, 0.29) is 10.6 Å². The smallest absolute Gasteiger partial charge is 0.263 e. The Hall–Kier alpha value is -1.79. The minimum Gasteiger partial charge on any atom is -0.398 e. The molecule has 0 fully saturated rings. The third-order valence-corrected chi connectivity index (χ3v) is 4.93. The molecule has 0 saturated carbocycles. The van der Waals surface area contributed by atoms with Gasteiger partial charge in [0, 0.05) is 3.57 Å². The van der Waals surface area contributed by atoms with Crippen LogP contribution in [0.25, 0.3) is 0 Å². The number of rotatable bonds is 3. The van der Waals surface area contributed by atoms with E-state index in [1.165, 1.54) is 18.2 Å². The average Bonchev–Trinajstić information content (AvgIpc) is 2.40. The van der Waals surface area contributed by atoms with Crippen LogP contribution in [-0.2, 0) is 10.0 Å². The maximum Gasteiger partial charge on any atom is 0.263 e. The number of para-hydroxylation sites is 1. The molecule has 20 heavy (non-hydrogen) atoms. The molecule has 0 heterocycles. The Morgan fingerprint density at radius 2 is 1.90 bits per heavy atom. The molecule has 2 aromatic rings. The summed E-state index contributed by atoms with van der Waals surface area (Å²) in [6.07, 6.45) is 0. The van der Waals surface area contributed by atoms with Crippen LogP contribution in [0, 0.1) is 14.9 Å². The number of benzene rings is 2. The first kappa shape index (κ1) is 14.6. The summed E-state index contributed by atoms with van der Waals surface area (Å²) in [6.45, 7) is 0. The predicted molar refractivity (Wildman–Crippen MR) is 85.5 cm³/mol. The number of nitrogens with two attached hydrogens (primary N) is 1. The van der Waals surface area contributed by atoms with Gasteiger partial charge in [-0.25, -0.2) is 8.42 Å². The Labute approximate surface area is 130 Å². The number of nitrogens with zero attached hydrogens (tertiary/aromatic N) is 1. The molecule has 0 aliphatic heterocycles. The number of nitrogens with one attached hydrogen (secondary N) is 1. The molecule has 0 aliphatic carbocycles. The highest BCUT2D eigenvalue weighted by Gasteiger charge is 2.18. The lowest BCUT2D eigenvalue weighted by Crippen LogP contribution is -2.15. The molecular weight excluding hydrogens is 389 g/mol. The molecule has 0 spiro atoms. The second-order valence-corrected chi connectivity index (χ2v) is 6.76. The lowest BCUT2D eigenvalue weighted by molar-refractivity contribution is 0.601. The van der Waals surface area contributed by atoms with Crippen molar-refractivity contribution in [3.05, 3.63) is 51.6 Å². The first-order valence-electron chi connectivity index (χ1n) is 5.51. The van der Waals surface area contributed by atoms with Crippen LogP contribution in [0.1, 0.15) is 5.56 Å². The molecule has 0 amide bonds. The summed E-state index contributed by atoms with van der Waals surface area (Å²) in [4.78, 5) is -0.0452. The summed E-state index contributed by atoms with van der Waals surface area (Å²) in [7, 11) is -3.78. The molecule has 3 N–H and O–H groups in total. The molecule has 7 heteroatoms. The Kier molecular flexibility index (Phi) is 4.15. The van der Waals surface area contributed by atoms with E-state index in [4.69, 9.17) is 11.0 Å². The van der Waals surface area contributed by atoms with Gasteiger partial charge in [0.25, 0.3) is 10.0 Å². The number of anilines is 2. The maximum absolute atomic E-state index is 12.3. The lowest BCUT2D eigenvalue weighted by Gasteiger charge is -2.11. The third kappa shape index (κ3) is 3.02. The highest BCUT2D eigenvalue weighted by atomic mass is 127. The van der Waals surface area contributed by atoms with Crippen molar-refractivity contribution in [3.8, 4) is 6.07 Å². The quantitative estimate of drug-likeness (QED) is 0.613. The zero-order valence-corrected chi connectivity index (χ0v) is 13.1. The molecule has 0 unspecified atom stereocenters. The van der Waals surface area contributed by atoms with Gasteiger partial charge in [-0.1, -0.05) is 12.1 Å². The summed E-state index contributed by atoms with van der Waals surface area (Å²) in [5.74, 6) is 0. The van der Waals surface area contributed by atoms with Gasteiger partial charge in [-0.3, -0.25) is 4.72 Å². The van der Waals surface area contributed by atoms with Gasteiger partial charge < -0.3 is 5.73 Å². The topological polar surface area (TPSA) is 96.0 Å². The van der Waals surface area contributed by atoms with Crippen molar-refractivity contribution < 1.29 is 8.42 Å². The average molecular weight is 399 g/mol. The minimum atomic E-state index is -3.78. The van der Waals surface area contributed by atoms with Crippen molar-refractivity contribution in [2.24, 2.45) is 0 Å².